The summed E-state index contributed by atoms with van der Waals surface area (Å²) >= 11 is 0. The van der Waals surface area contributed by atoms with E-state index in [0.29, 0.717) is 34.3 Å². The zero-order valence-corrected chi connectivity index (χ0v) is 19.1. The van der Waals surface area contributed by atoms with Crippen LogP contribution in [0.4, 0.5) is 4.79 Å². The summed E-state index contributed by atoms with van der Waals surface area (Å²) in [6, 6.07) is 7.21. The maximum Gasteiger partial charge on any atom is 0.508 e. The second kappa shape index (κ2) is 8.51. The van der Waals surface area contributed by atoms with Crippen LogP contribution in [0.5, 0.6) is 28.7 Å². The fraction of sp³-hybridized carbons (Fsp3) is 0.417. The summed E-state index contributed by atoms with van der Waals surface area (Å²) in [5, 5.41) is 0. The SMILES string of the molecule is COC(=O)[C@@H]1C(c2cc(OC)c(OC)c(OC)c2)c2cc3c(cc2[C@@H]2OC(=O)OC[C@@H]12)OCO3. The molecule has 0 bridgehead atoms. The van der Waals surface area contributed by atoms with Crippen molar-refractivity contribution < 1.29 is 47.5 Å². The largest absolute Gasteiger partial charge is 0.508 e. The molecule has 4 atom stereocenters. The number of hydrogen-bond donors (Lipinski definition) is 0. The molecule has 0 N–H and O–H groups in total. The summed E-state index contributed by atoms with van der Waals surface area (Å²) in [6.07, 6.45) is -1.51. The van der Waals surface area contributed by atoms with Crippen molar-refractivity contribution in [2.45, 2.75) is 12.0 Å². The lowest BCUT2D eigenvalue weighted by molar-refractivity contribution is -0.157. The Kier molecular flexibility index (Phi) is 5.51. The molecule has 1 fully saturated rings. The normalized spacial score (nSPS) is 24.2. The lowest BCUT2D eigenvalue weighted by Gasteiger charge is -2.44. The zero-order chi connectivity index (χ0) is 24.0. The predicted molar refractivity (Wildman–Crippen MR) is 115 cm³/mol. The van der Waals surface area contributed by atoms with Crippen LogP contribution in [0.25, 0.3) is 0 Å². The van der Waals surface area contributed by atoms with Crippen LogP contribution in [0.15, 0.2) is 24.3 Å². The van der Waals surface area contributed by atoms with Crippen LogP contribution in [-0.4, -0.2) is 54.0 Å². The number of cyclic esters (lactones) is 1. The third-order valence-electron chi connectivity index (χ3n) is 6.57. The molecule has 1 unspecified atom stereocenters. The minimum absolute atomic E-state index is 0.00191. The summed E-state index contributed by atoms with van der Waals surface area (Å²) < 4.78 is 43.7. The Morgan fingerprint density at radius 2 is 1.53 bits per heavy atom. The van der Waals surface area contributed by atoms with Gasteiger partial charge in [0.15, 0.2) is 23.0 Å². The van der Waals surface area contributed by atoms with Gasteiger partial charge in [-0.1, -0.05) is 0 Å². The molecule has 0 spiro atoms. The van der Waals surface area contributed by atoms with Crippen LogP contribution in [-0.2, 0) is 19.0 Å². The molecule has 2 aromatic rings. The second-order valence-electron chi connectivity index (χ2n) is 8.08. The van der Waals surface area contributed by atoms with Gasteiger partial charge in [0, 0.05) is 17.4 Å². The third-order valence-corrected chi connectivity index (χ3v) is 6.57. The summed E-state index contributed by atoms with van der Waals surface area (Å²) in [6.45, 7) is 0.0720. The Morgan fingerprint density at radius 3 is 2.12 bits per heavy atom. The van der Waals surface area contributed by atoms with E-state index in [1.807, 2.05) is 6.07 Å². The van der Waals surface area contributed by atoms with Crippen molar-refractivity contribution in [3.63, 3.8) is 0 Å². The van der Waals surface area contributed by atoms with Gasteiger partial charge in [0.1, 0.15) is 12.7 Å². The Balaban J connectivity index is 1.77. The standard InChI is InChI=1S/C24H24O10/c1-27-17-5-11(6-18(28-2)22(17)29-3)19-12-7-15-16(33-10-32-15)8-13(12)21-14(9-31-24(26)34-21)20(19)23(25)30-4/h5-8,14,19-21H,9-10H2,1-4H3/t14-,19?,20-,21-/m0/s1. The van der Waals surface area contributed by atoms with E-state index >= 15 is 0 Å². The first-order valence-electron chi connectivity index (χ1n) is 10.6. The van der Waals surface area contributed by atoms with Crippen molar-refractivity contribution in [2.75, 3.05) is 41.8 Å². The maximum absolute atomic E-state index is 13.2. The van der Waals surface area contributed by atoms with Crippen molar-refractivity contribution in [3.8, 4) is 28.7 Å². The molecule has 0 aromatic heterocycles. The quantitative estimate of drug-likeness (QED) is 0.602. The first kappa shape index (κ1) is 22.0. The van der Waals surface area contributed by atoms with Crippen molar-refractivity contribution in [3.05, 3.63) is 41.0 Å². The van der Waals surface area contributed by atoms with Gasteiger partial charge in [0.2, 0.25) is 12.5 Å². The number of fused-ring (bicyclic) bond motifs is 4. The molecule has 5 rings (SSSR count). The van der Waals surface area contributed by atoms with Crippen molar-refractivity contribution >= 4 is 12.1 Å². The van der Waals surface area contributed by atoms with E-state index in [0.717, 1.165) is 11.1 Å². The molecule has 2 aromatic carbocycles. The summed E-state index contributed by atoms with van der Waals surface area (Å²) in [5.74, 6) is 0.175. The monoisotopic (exact) mass is 472 g/mol. The van der Waals surface area contributed by atoms with Crippen LogP contribution < -0.4 is 23.7 Å². The molecular weight excluding hydrogens is 448 g/mol. The smallest absolute Gasteiger partial charge is 0.493 e. The van der Waals surface area contributed by atoms with Gasteiger partial charge in [-0.25, -0.2) is 4.79 Å². The molecule has 3 aliphatic rings. The highest BCUT2D eigenvalue weighted by atomic mass is 16.7. The Hall–Kier alpha value is -3.82. The van der Waals surface area contributed by atoms with E-state index in [1.54, 1.807) is 18.2 Å². The number of esters is 1. The van der Waals surface area contributed by atoms with Gasteiger partial charge >= 0.3 is 12.1 Å². The molecule has 0 saturated carbocycles. The molecule has 180 valence electrons. The van der Waals surface area contributed by atoms with Crippen LogP contribution in [0.1, 0.15) is 28.7 Å². The lowest BCUT2D eigenvalue weighted by Crippen LogP contribution is -2.45. The van der Waals surface area contributed by atoms with Crippen LogP contribution in [0.3, 0.4) is 0 Å². The van der Waals surface area contributed by atoms with Crippen LogP contribution >= 0.6 is 0 Å². The van der Waals surface area contributed by atoms with E-state index in [1.165, 1.54) is 28.4 Å². The second-order valence-corrected chi connectivity index (χ2v) is 8.08. The molecular formula is C24H24O10. The van der Waals surface area contributed by atoms with Crippen LogP contribution in [0, 0.1) is 11.8 Å². The van der Waals surface area contributed by atoms with Gasteiger partial charge in [0.25, 0.3) is 0 Å². The number of ether oxygens (including phenoxy) is 8. The number of carbonyl (C=O) groups excluding carboxylic acids is 2. The topological polar surface area (TPSA) is 108 Å². The number of benzene rings is 2. The lowest BCUT2D eigenvalue weighted by atomic mass is 9.65. The van der Waals surface area contributed by atoms with Crippen LogP contribution in [0.2, 0.25) is 0 Å². The molecule has 10 heteroatoms. The molecule has 0 amide bonds. The highest BCUT2D eigenvalue weighted by molar-refractivity contribution is 5.77. The van der Waals surface area contributed by atoms with Gasteiger partial charge < -0.3 is 37.9 Å². The Morgan fingerprint density at radius 1 is 0.882 bits per heavy atom. The Bertz CT molecular complexity index is 1120. The fourth-order valence-corrected chi connectivity index (χ4v) is 5.11. The average Bonchev–Trinajstić information content (AvgIpc) is 3.32. The molecule has 2 heterocycles. The molecule has 0 radical (unpaired) electrons. The van der Waals surface area contributed by atoms with Crippen molar-refractivity contribution in [1.29, 1.82) is 0 Å². The minimum atomic E-state index is -0.792. The van der Waals surface area contributed by atoms with Crippen molar-refractivity contribution in [1.82, 2.24) is 0 Å². The van der Waals surface area contributed by atoms with Gasteiger partial charge in [-0.3, -0.25) is 4.79 Å². The third kappa shape index (κ3) is 3.32. The molecule has 1 saturated heterocycles. The summed E-state index contributed by atoms with van der Waals surface area (Å²) in [4.78, 5) is 25.2. The molecule has 34 heavy (non-hydrogen) atoms. The van der Waals surface area contributed by atoms with E-state index in [2.05, 4.69) is 0 Å². The van der Waals surface area contributed by atoms with E-state index in [-0.39, 0.29) is 13.4 Å². The average molecular weight is 472 g/mol. The number of hydrogen-bond acceptors (Lipinski definition) is 10. The molecule has 10 nitrogen and oxygen atoms in total. The number of carbonyl (C=O) groups is 2. The van der Waals surface area contributed by atoms with Gasteiger partial charge in [-0.15, -0.1) is 0 Å². The van der Waals surface area contributed by atoms with E-state index < -0.39 is 36.0 Å². The predicted octanol–water partition coefficient (Wildman–Crippen LogP) is 3.20. The highest BCUT2D eigenvalue weighted by Gasteiger charge is 2.52. The van der Waals surface area contributed by atoms with Gasteiger partial charge in [-0.2, -0.15) is 0 Å². The first-order valence-corrected chi connectivity index (χ1v) is 10.6. The molecule has 2 aliphatic heterocycles. The fourth-order valence-electron chi connectivity index (χ4n) is 5.11. The molecule has 1 aliphatic carbocycles. The number of rotatable bonds is 5. The van der Waals surface area contributed by atoms with Gasteiger partial charge in [0.05, 0.1) is 34.4 Å². The minimum Gasteiger partial charge on any atom is -0.493 e. The first-order chi connectivity index (χ1) is 16.5. The number of methoxy groups -OCH3 is 4. The zero-order valence-electron chi connectivity index (χ0n) is 19.1. The van der Waals surface area contributed by atoms with Crippen molar-refractivity contribution in [2.24, 2.45) is 11.8 Å². The van der Waals surface area contributed by atoms with Gasteiger partial charge in [-0.05, 0) is 35.4 Å². The van der Waals surface area contributed by atoms with E-state index in [4.69, 9.17) is 37.9 Å². The Labute approximate surface area is 195 Å². The summed E-state index contributed by atoms with van der Waals surface area (Å²) in [7, 11) is 5.90. The maximum atomic E-state index is 13.2. The highest BCUT2D eigenvalue weighted by Crippen LogP contribution is 2.55. The van der Waals surface area contributed by atoms with E-state index in [9.17, 15) is 9.59 Å². The summed E-state index contributed by atoms with van der Waals surface area (Å²) in [5.41, 5.74) is 2.18.